The lowest BCUT2D eigenvalue weighted by Crippen LogP contribution is -2.19. The van der Waals surface area contributed by atoms with E-state index in [1.807, 2.05) is 18.7 Å². The van der Waals surface area contributed by atoms with Crippen molar-refractivity contribution < 1.29 is 9.13 Å². The summed E-state index contributed by atoms with van der Waals surface area (Å²) < 4.78 is 18.8. The Labute approximate surface area is 118 Å². The number of hydrogen-bond donors (Lipinski definition) is 2. The van der Waals surface area contributed by atoms with Crippen molar-refractivity contribution in [3.8, 4) is 5.75 Å². The van der Waals surface area contributed by atoms with Crippen molar-refractivity contribution in [2.75, 3.05) is 35.7 Å². The van der Waals surface area contributed by atoms with Crippen LogP contribution in [0.25, 0.3) is 0 Å². The number of halogens is 1. The summed E-state index contributed by atoms with van der Waals surface area (Å²) in [6, 6.07) is 2.98. The van der Waals surface area contributed by atoms with E-state index < -0.39 is 5.82 Å². The molecule has 1 saturated heterocycles. The molecule has 3 nitrogen and oxygen atoms in total. The highest BCUT2D eigenvalue weighted by Crippen LogP contribution is 2.29. The fraction of sp³-hybridized carbons (Fsp3) is 0.571. The smallest absolute Gasteiger partial charge is 0.167 e. The number of rotatable bonds is 5. The van der Waals surface area contributed by atoms with Crippen molar-refractivity contribution in [2.24, 2.45) is 5.92 Å². The minimum atomic E-state index is -0.404. The Bertz CT molecular complexity index is 422. The van der Waals surface area contributed by atoms with Gasteiger partial charge < -0.3 is 15.8 Å². The van der Waals surface area contributed by atoms with Gasteiger partial charge in [0.2, 0.25) is 0 Å². The largest absolute Gasteiger partial charge is 0.491 e. The molecule has 0 spiro atoms. The molecular weight excluding hydrogens is 263 g/mol. The third kappa shape index (κ3) is 3.93. The third-order valence-corrected chi connectivity index (χ3v) is 4.37. The number of hydrogen-bond acceptors (Lipinski definition) is 4. The van der Waals surface area contributed by atoms with Crippen molar-refractivity contribution >= 4 is 23.1 Å². The van der Waals surface area contributed by atoms with Crippen molar-refractivity contribution in [1.29, 1.82) is 0 Å². The van der Waals surface area contributed by atoms with Crippen LogP contribution in [0.15, 0.2) is 12.1 Å². The Morgan fingerprint density at radius 3 is 2.84 bits per heavy atom. The highest BCUT2D eigenvalue weighted by molar-refractivity contribution is 7.99. The summed E-state index contributed by atoms with van der Waals surface area (Å²) in [5, 5.41) is 3.33. The summed E-state index contributed by atoms with van der Waals surface area (Å²) in [4.78, 5) is 0. The van der Waals surface area contributed by atoms with Crippen LogP contribution in [-0.4, -0.2) is 24.7 Å². The van der Waals surface area contributed by atoms with Gasteiger partial charge in [-0.05, 0) is 37.2 Å². The van der Waals surface area contributed by atoms with Gasteiger partial charge in [-0.3, -0.25) is 0 Å². The standard InChI is InChI=1S/C14H21FN2OS/c1-2-18-14-8-13(12(16)7-11(14)15)17-9-10-3-5-19-6-4-10/h7-8,10,17H,2-6,9,16H2,1H3. The van der Waals surface area contributed by atoms with Crippen molar-refractivity contribution in [3.63, 3.8) is 0 Å². The lowest BCUT2D eigenvalue weighted by molar-refractivity contribution is 0.322. The van der Waals surface area contributed by atoms with E-state index in [1.165, 1.54) is 30.4 Å². The molecule has 1 aromatic rings. The first-order valence-electron chi connectivity index (χ1n) is 6.74. The predicted molar refractivity (Wildman–Crippen MR) is 80.5 cm³/mol. The molecule has 106 valence electrons. The van der Waals surface area contributed by atoms with E-state index in [1.54, 1.807) is 6.07 Å². The first kappa shape index (κ1) is 14.3. The Kier molecular flexibility index (Phi) is 5.19. The third-order valence-electron chi connectivity index (χ3n) is 3.33. The van der Waals surface area contributed by atoms with Crippen LogP contribution in [0.4, 0.5) is 15.8 Å². The average molecular weight is 284 g/mol. The van der Waals surface area contributed by atoms with Gasteiger partial charge in [-0.2, -0.15) is 11.8 Å². The normalized spacial score (nSPS) is 16.3. The molecule has 1 heterocycles. The molecule has 0 bridgehead atoms. The van der Waals surface area contributed by atoms with Gasteiger partial charge in [0, 0.05) is 18.7 Å². The molecule has 5 heteroatoms. The molecule has 2 rings (SSSR count). The van der Waals surface area contributed by atoms with E-state index in [-0.39, 0.29) is 5.75 Å². The predicted octanol–water partition coefficient (Wildman–Crippen LogP) is 3.36. The lowest BCUT2D eigenvalue weighted by atomic mass is 10.0. The first-order chi connectivity index (χ1) is 9.20. The van der Waals surface area contributed by atoms with Gasteiger partial charge in [-0.1, -0.05) is 0 Å². The number of ether oxygens (including phenoxy) is 1. The van der Waals surface area contributed by atoms with Gasteiger partial charge in [0.1, 0.15) is 0 Å². The number of thioether (sulfide) groups is 1. The Balaban J connectivity index is 2.00. The highest BCUT2D eigenvalue weighted by Gasteiger charge is 2.15. The van der Waals surface area contributed by atoms with Crippen LogP contribution < -0.4 is 15.8 Å². The minimum Gasteiger partial charge on any atom is -0.491 e. The molecule has 0 unspecified atom stereocenters. The van der Waals surface area contributed by atoms with Gasteiger partial charge in [-0.15, -0.1) is 0 Å². The van der Waals surface area contributed by atoms with Crippen molar-refractivity contribution in [3.05, 3.63) is 17.9 Å². The summed E-state index contributed by atoms with van der Waals surface area (Å²) >= 11 is 2.01. The summed E-state index contributed by atoms with van der Waals surface area (Å²) in [6.45, 7) is 3.17. The second-order valence-corrected chi connectivity index (χ2v) is 5.96. The van der Waals surface area contributed by atoms with Crippen molar-refractivity contribution in [1.82, 2.24) is 0 Å². The van der Waals surface area contributed by atoms with E-state index in [4.69, 9.17) is 10.5 Å². The Morgan fingerprint density at radius 1 is 1.42 bits per heavy atom. The van der Waals surface area contributed by atoms with E-state index in [2.05, 4.69) is 5.32 Å². The zero-order valence-electron chi connectivity index (χ0n) is 11.2. The van der Waals surface area contributed by atoms with E-state index in [0.29, 0.717) is 18.2 Å². The fourth-order valence-corrected chi connectivity index (χ4v) is 3.40. The minimum absolute atomic E-state index is 0.262. The topological polar surface area (TPSA) is 47.3 Å². The van der Waals surface area contributed by atoms with Gasteiger partial charge in [0.05, 0.1) is 18.0 Å². The van der Waals surface area contributed by atoms with Gasteiger partial charge in [-0.25, -0.2) is 4.39 Å². The molecule has 1 aliphatic heterocycles. The summed E-state index contributed by atoms with van der Waals surface area (Å²) in [5.74, 6) is 3.00. The van der Waals surface area contributed by atoms with Crippen LogP contribution in [0, 0.1) is 11.7 Å². The van der Waals surface area contributed by atoms with E-state index >= 15 is 0 Å². The summed E-state index contributed by atoms with van der Waals surface area (Å²) in [7, 11) is 0. The molecule has 0 saturated carbocycles. The number of nitrogens with two attached hydrogens (primary N) is 1. The van der Waals surface area contributed by atoms with Crippen LogP contribution in [0.3, 0.4) is 0 Å². The molecular formula is C14H21FN2OS. The SMILES string of the molecule is CCOc1cc(NCC2CCSCC2)c(N)cc1F. The van der Waals surface area contributed by atoms with Crippen LogP contribution >= 0.6 is 11.8 Å². The molecule has 0 aromatic heterocycles. The fourth-order valence-electron chi connectivity index (χ4n) is 2.19. The average Bonchev–Trinajstić information content (AvgIpc) is 2.42. The van der Waals surface area contributed by atoms with Gasteiger partial charge in [0.25, 0.3) is 0 Å². The first-order valence-corrected chi connectivity index (χ1v) is 7.89. The number of nitrogen functional groups attached to an aromatic ring is 1. The number of benzene rings is 1. The van der Waals surface area contributed by atoms with Crippen molar-refractivity contribution in [2.45, 2.75) is 19.8 Å². The van der Waals surface area contributed by atoms with Crippen LogP contribution in [0.5, 0.6) is 5.75 Å². The molecule has 0 amide bonds. The second kappa shape index (κ2) is 6.89. The monoisotopic (exact) mass is 284 g/mol. The highest BCUT2D eigenvalue weighted by atomic mass is 32.2. The quantitative estimate of drug-likeness (QED) is 0.814. The van der Waals surface area contributed by atoms with Crippen LogP contribution in [0.2, 0.25) is 0 Å². The zero-order chi connectivity index (χ0) is 13.7. The van der Waals surface area contributed by atoms with Crippen LogP contribution in [0.1, 0.15) is 19.8 Å². The molecule has 19 heavy (non-hydrogen) atoms. The maximum absolute atomic E-state index is 13.6. The molecule has 3 N–H and O–H groups in total. The van der Waals surface area contributed by atoms with Gasteiger partial charge >= 0.3 is 0 Å². The second-order valence-electron chi connectivity index (χ2n) is 4.74. The van der Waals surface area contributed by atoms with E-state index in [9.17, 15) is 4.39 Å². The molecule has 1 aliphatic rings. The molecule has 1 fully saturated rings. The lowest BCUT2D eigenvalue weighted by Gasteiger charge is -2.22. The maximum atomic E-state index is 13.6. The zero-order valence-corrected chi connectivity index (χ0v) is 12.1. The number of nitrogens with one attached hydrogen (secondary N) is 1. The molecule has 0 atom stereocenters. The van der Waals surface area contributed by atoms with Gasteiger partial charge in [0.15, 0.2) is 11.6 Å². The maximum Gasteiger partial charge on any atom is 0.167 e. The Hall–Kier alpha value is -1.10. The molecule has 0 radical (unpaired) electrons. The summed E-state index contributed by atoms with van der Waals surface area (Å²) in [6.07, 6.45) is 2.47. The van der Waals surface area contributed by atoms with Crippen LogP contribution in [-0.2, 0) is 0 Å². The molecule has 0 aliphatic carbocycles. The Morgan fingerprint density at radius 2 is 2.16 bits per heavy atom. The summed E-state index contributed by atoms with van der Waals surface area (Å²) in [5.41, 5.74) is 7.04. The van der Waals surface area contributed by atoms with E-state index in [0.717, 1.165) is 12.2 Å². The number of anilines is 2. The molecule has 1 aromatic carbocycles.